The first-order valence-electron chi connectivity index (χ1n) is 4.83. The maximum Gasteiger partial charge on any atom is 0.141 e. The molecule has 3 nitrogen and oxygen atoms in total. The van der Waals surface area contributed by atoms with E-state index in [-0.39, 0.29) is 0 Å². The number of aromatic nitrogens is 1. The lowest BCUT2D eigenvalue weighted by atomic mass is 10.1. The van der Waals surface area contributed by atoms with Crippen LogP contribution in [0.1, 0.15) is 12.5 Å². The average molecular weight is 199 g/mol. The van der Waals surface area contributed by atoms with Gasteiger partial charge in [0.05, 0.1) is 0 Å². The fourth-order valence-corrected chi connectivity index (χ4v) is 1.63. The highest BCUT2D eigenvalue weighted by molar-refractivity contribution is 6.34. The third kappa shape index (κ3) is 1.46. The van der Waals surface area contributed by atoms with Crippen molar-refractivity contribution >= 4 is 17.2 Å². The highest BCUT2D eigenvalue weighted by atomic mass is 15.2. The fourth-order valence-electron chi connectivity index (χ4n) is 1.63. The van der Waals surface area contributed by atoms with Gasteiger partial charge in [-0.3, -0.25) is 0 Å². The van der Waals surface area contributed by atoms with Gasteiger partial charge in [0.15, 0.2) is 0 Å². The Morgan fingerprint density at radius 3 is 3.00 bits per heavy atom. The van der Waals surface area contributed by atoms with E-state index >= 15 is 0 Å². The molecule has 0 unspecified atom stereocenters. The Kier molecular flexibility index (Phi) is 2.37. The summed E-state index contributed by atoms with van der Waals surface area (Å²) in [6.07, 6.45) is 5.44. The average Bonchev–Trinajstić information content (AvgIpc) is 2.51. The van der Waals surface area contributed by atoms with Crippen LogP contribution in [0.5, 0.6) is 0 Å². The molecule has 1 aromatic heterocycles. The van der Waals surface area contributed by atoms with Crippen LogP contribution in [0.15, 0.2) is 42.2 Å². The zero-order valence-electron chi connectivity index (χ0n) is 8.94. The summed E-state index contributed by atoms with van der Waals surface area (Å²) in [6, 6.07) is 3.93. The first-order valence-corrected chi connectivity index (χ1v) is 4.83. The van der Waals surface area contributed by atoms with Crippen molar-refractivity contribution in [3.8, 4) is 0 Å². The molecule has 1 aliphatic rings. The molecule has 3 heteroatoms. The SMILES string of the molecule is C=C1C(=N/C=C\C)N(C)c2ncccc21. The van der Waals surface area contributed by atoms with Gasteiger partial charge in [0, 0.05) is 30.6 Å². The van der Waals surface area contributed by atoms with Crippen LogP contribution in [0.2, 0.25) is 0 Å². The summed E-state index contributed by atoms with van der Waals surface area (Å²) in [5, 5.41) is 0. The molecule has 0 N–H and O–H groups in total. The summed E-state index contributed by atoms with van der Waals surface area (Å²) in [6.45, 7) is 5.97. The third-order valence-corrected chi connectivity index (χ3v) is 2.36. The van der Waals surface area contributed by atoms with E-state index in [2.05, 4.69) is 16.6 Å². The molecule has 0 aromatic carbocycles. The Balaban J connectivity index is 2.50. The lowest BCUT2D eigenvalue weighted by Crippen LogP contribution is -2.21. The number of nitrogens with zero attached hydrogens (tertiary/aromatic N) is 3. The van der Waals surface area contributed by atoms with Crippen molar-refractivity contribution in [2.24, 2.45) is 4.99 Å². The van der Waals surface area contributed by atoms with Crippen LogP contribution in [0.4, 0.5) is 5.82 Å². The van der Waals surface area contributed by atoms with Gasteiger partial charge in [-0.25, -0.2) is 9.98 Å². The first-order chi connectivity index (χ1) is 7.25. The molecule has 0 radical (unpaired) electrons. The van der Waals surface area contributed by atoms with E-state index in [9.17, 15) is 0 Å². The normalized spacial score (nSPS) is 17.9. The van der Waals surface area contributed by atoms with Gasteiger partial charge in [0.1, 0.15) is 11.7 Å². The number of rotatable bonds is 1. The lowest BCUT2D eigenvalue weighted by Gasteiger charge is -2.10. The summed E-state index contributed by atoms with van der Waals surface area (Å²) in [7, 11) is 1.95. The number of allylic oxidation sites excluding steroid dienone is 1. The summed E-state index contributed by atoms with van der Waals surface area (Å²) < 4.78 is 0. The van der Waals surface area contributed by atoms with Gasteiger partial charge in [-0.2, -0.15) is 0 Å². The smallest absolute Gasteiger partial charge is 0.141 e. The summed E-state index contributed by atoms with van der Waals surface area (Å²) in [4.78, 5) is 10.6. The number of hydrogen-bond donors (Lipinski definition) is 0. The Morgan fingerprint density at radius 2 is 2.33 bits per heavy atom. The molecule has 0 atom stereocenters. The molecular formula is C12H13N3. The second-order valence-electron chi connectivity index (χ2n) is 3.35. The predicted octanol–water partition coefficient (Wildman–Crippen LogP) is 2.48. The topological polar surface area (TPSA) is 28.5 Å². The van der Waals surface area contributed by atoms with E-state index in [1.54, 1.807) is 12.4 Å². The number of fused-ring (bicyclic) bond motifs is 1. The Bertz CT molecular complexity index is 458. The number of amidine groups is 1. The van der Waals surface area contributed by atoms with Crippen LogP contribution in [0.25, 0.3) is 5.57 Å². The van der Waals surface area contributed by atoms with Gasteiger partial charge in [0.2, 0.25) is 0 Å². The van der Waals surface area contributed by atoms with E-state index in [0.29, 0.717) is 0 Å². The number of likely N-dealkylation sites (N-methyl/N-ethyl adjacent to an activating group) is 1. The van der Waals surface area contributed by atoms with Gasteiger partial charge in [0.25, 0.3) is 0 Å². The zero-order chi connectivity index (χ0) is 10.8. The molecule has 0 amide bonds. The van der Waals surface area contributed by atoms with E-state index in [0.717, 1.165) is 22.8 Å². The third-order valence-electron chi connectivity index (χ3n) is 2.36. The van der Waals surface area contributed by atoms with Gasteiger partial charge in [-0.15, -0.1) is 0 Å². The lowest BCUT2D eigenvalue weighted by molar-refractivity contribution is 1.18. The molecule has 0 saturated heterocycles. The largest absolute Gasteiger partial charge is 0.313 e. The molecule has 2 heterocycles. The second kappa shape index (κ2) is 3.69. The molecule has 1 aromatic rings. The van der Waals surface area contributed by atoms with Crippen LogP contribution in [0, 0.1) is 0 Å². The van der Waals surface area contributed by atoms with Gasteiger partial charge in [-0.1, -0.05) is 12.7 Å². The summed E-state index contributed by atoms with van der Waals surface area (Å²) in [5.74, 6) is 1.78. The highest BCUT2D eigenvalue weighted by Crippen LogP contribution is 2.32. The van der Waals surface area contributed by atoms with Gasteiger partial charge >= 0.3 is 0 Å². The van der Waals surface area contributed by atoms with Crippen molar-refractivity contribution < 1.29 is 0 Å². The maximum absolute atomic E-state index is 4.34. The molecule has 1 aliphatic heterocycles. The molecular weight excluding hydrogens is 186 g/mol. The minimum absolute atomic E-state index is 0.863. The van der Waals surface area contributed by atoms with E-state index in [4.69, 9.17) is 0 Å². The number of aliphatic imine (C=N–C) groups is 1. The number of anilines is 1. The molecule has 0 fully saturated rings. The summed E-state index contributed by atoms with van der Waals surface area (Å²) in [5.41, 5.74) is 1.99. The van der Waals surface area contributed by atoms with E-state index < -0.39 is 0 Å². The standard InChI is InChI=1S/C12H13N3/c1-4-7-13-11-9(2)10-6-5-8-14-12(10)15(11)3/h4-8H,2H2,1,3H3/b7-4-,13-11?. The monoisotopic (exact) mass is 199 g/mol. The van der Waals surface area contributed by atoms with Crippen molar-refractivity contribution in [3.05, 3.63) is 42.7 Å². The fraction of sp³-hybridized carbons (Fsp3) is 0.167. The summed E-state index contributed by atoms with van der Waals surface area (Å²) >= 11 is 0. The van der Waals surface area contributed by atoms with Crippen LogP contribution in [-0.2, 0) is 0 Å². The van der Waals surface area contributed by atoms with Crippen LogP contribution < -0.4 is 4.90 Å². The van der Waals surface area contributed by atoms with Crippen molar-refractivity contribution in [2.75, 3.05) is 11.9 Å². The van der Waals surface area contributed by atoms with E-state index in [1.807, 2.05) is 37.1 Å². The Labute approximate surface area is 89.5 Å². The van der Waals surface area contributed by atoms with Crippen LogP contribution >= 0.6 is 0 Å². The molecule has 15 heavy (non-hydrogen) atoms. The Morgan fingerprint density at radius 1 is 1.53 bits per heavy atom. The van der Waals surface area contributed by atoms with E-state index in [1.165, 1.54) is 0 Å². The molecule has 0 bridgehead atoms. The molecule has 76 valence electrons. The molecule has 0 spiro atoms. The number of hydrogen-bond acceptors (Lipinski definition) is 2. The van der Waals surface area contributed by atoms with Gasteiger partial charge < -0.3 is 4.90 Å². The van der Waals surface area contributed by atoms with Crippen LogP contribution in [-0.4, -0.2) is 17.9 Å². The molecule has 0 aliphatic carbocycles. The van der Waals surface area contributed by atoms with Crippen LogP contribution in [0.3, 0.4) is 0 Å². The van der Waals surface area contributed by atoms with Crippen molar-refractivity contribution in [2.45, 2.75) is 6.92 Å². The minimum Gasteiger partial charge on any atom is -0.313 e. The van der Waals surface area contributed by atoms with Crippen molar-refractivity contribution in [3.63, 3.8) is 0 Å². The zero-order valence-corrected chi connectivity index (χ0v) is 8.94. The quantitative estimate of drug-likeness (QED) is 0.695. The maximum atomic E-state index is 4.34. The molecule has 2 rings (SSSR count). The first kappa shape index (κ1) is 9.65. The van der Waals surface area contributed by atoms with Crippen molar-refractivity contribution in [1.29, 1.82) is 0 Å². The Hall–Kier alpha value is -1.90. The molecule has 0 saturated carbocycles. The minimum atomic E-state index is 0.863. The highest BCUT2D eigenvalue weighted by Gasteiger charge is 2.26. The van der Waals surface area contributed by atoms with Crippen molar-refractivity contribution in [1.82, 2.24) is 4.98 Å². The second-order valence-corrected chi connectivity index (χ2v) is 3.35. The number of pyridine rings is 1. The predicted molar refractivity (Wildman–Crippen MR) is 63.9 cm³/mol. The van der Waals surface area contributed by atoms with Gasteiger partial charge in [-0.05, 0) is 19.1 Å².